The second-order valence-electron chi connectivity index (χ2n) is 8.78. The van der Waals surface area contributed by atoms with Gasteiger partial charge in [0.2, 0.25) is 9.84 Å². The Morgan fingerprint density at radius 1 is 0.946 bits per heavy atom. The molecule has 7 nitrogen and oxygen atoms in total. The summed E-state index contributed by atoms with van der Waals surface area (Å²) in [5, 5.41) is 0.332. The highest BCUT2D eigenvalue weighted by Gasteiger charge is 2.39. The molecule has 37 heavy (non-hydrogen) atoms. The van der Waals surface area contributed by atoms with Crippen molar-refractivity contribution in [3.8, 4) is 17.2 Å². The van der Waals surface area contributed by atoms with E-state index in [0.29, 0.717) is 35.2 Å². The average Bonchev–Trinajstić information content (AvgIpc) is 2.91. The first-order chi connectivity index (χ1) is 17.8. The molecule has 9 heteroatoms. The molecule has 0 unspecified atom stereocenters. The smallest absolute Gasteiger partial charge is 0.207 e. The third-order valence-electron chi connectivity index (χ3n) is 6.78. The quantitative estimate of drug-likeness (QED) is 0.474. The number of hydrogen-bond acceptors (Lipinski definition) is 7. The van der Waals surface area contributed by atoms with Crippen LogP contribution in [0.15, 0.2) is 82.4 Å². The number of benzene rings is 3. The molecule has 0 aromatic heterocycles. The highest BCUT2D eigenvalue weighted by Crippen LogP contribution is 2.47. The summed E-state index contributed by atoms with van der Waals surface area (Å²) in [5.74, 6) is 1.37. The highest BCUT2D eigenvalue weighted by atomic mass is 35.5. The van der Waals surface area contributed by atoms with Gasteiger partial charge in [0.05, 0.1) is 26.2 Å². The van der Waals surface area contributed by atoms with Crippen LogP contribution in [0.2, 0.25) is 5.02 Å². The lowest BCUT2D eigenvalue weighted by atomic mass is 9.88. The molecule has 2 N–H and O–H groups in total. The van der Waals surface area contributed by atoms with Crippen molar-refractivity contribution < 1.29 is 22.6 Å². The fourth-order valence-electron chi connectivity index (χ4n) is 4.97. The standard InChI is InChI=1S/C28H27ClN2O5S/c1-34-20-8-4-6-17(12-20)23-15-24-22-16-26(36-3)25(35-2)13-18(22)10-11-31(24)28(30)27(23)37(32,33)21-9-5-7-19(29)14-21/h4-9,12-16,23H,10-11,30H2,1-3H3/t23-/m0/s1. The summed E-state index contributed by atoms with van der Waals surface area (Å²) < 4.78 is 44.6. The van der Waals surface area contributed by atoms with Crippen molar-refractivity contribution in [1.29, 1.82) is 0 Å². The molecule has 0 aliphatic carbocycles. The lowest BCUT2D eigenvalue weighted by molar-refractivity contribution is 0.353. The Kier molecular flexibility index (Phi) is 6.56. The van der Waals surface area contributed by atoms with Crippen molar-refractivity contribution in [2.75, 3.05) is 27.9 Å². The number of sulfone groups is 1. The summed E-state index contributed by atoms with van der Waals surface area (Å²) >= 11 is 6.17. The Labute approximate surface area is 221 Å². The number of methoxy groups -OCH3 is 3. The van der Waals surface area contributed by atoms with Gasteiger partial charge >= 0.3 is 0 Å². The maximum absolute atomic E-state index is 14.1. The van der Waals surface area contributed by atoms with E-state index < -0.39 is 15.8 Å². The zero-order chi connectivity index (χ0) is 26.3. The number of allylic oxidation sites excluding steroid dienone is 2. The summed E-state index contributed by atoms with van der Waals surface area (Å²) in [4.78, 5) is 2.06. The van der Waals surface area contributed by atoms with E-state index in [4.69, 9.17) is 31.5 Å². The van der Waals surface area contributed by atoms with Gasteiger partial charge in [-0.15, -0.1) is 0 Å². The second-order valence-corrected chi connectivity index (χ2v) is 11.1. The maximum Gasteiger partial charge on any atom is 0.207 e. The van der Waals surface area contributed by atoms with Crippen molar-refractivity contribution in [2.45, 2.75) is 17.2 Å². The molecule has 1 atom stereocenters. The molecule has 2 heterocycles. The highest BCUT2D eigenvalue weighted by molar-refractivity contribution is 7.95. The minimum absolute atomic E-state index is 0.0894. The van der Waals surface area contributed by atoms with Gasteiger partial charge in [-0.05, 0) is 66.1 Å². The molecular formula is C28H27ClN2O5S. The zero-order valence-electron chi connectivity index (χ0n) is 20.7. The molecule has 0 spiro atoms. The van der Waals surface area contributed by atoms with E-state index in [1.165, 1.54) is 12.1 Å². The van der Waals surface area contributed by atoms with Crippen molar-refractivity contribution in [3.05, 3.63) is 99.2 Å². The number of fused-ring (bicyclic) bond motifs is 3. The van der Waals surface area contributed by atoms with E-state index in [9.17, 15) is 8.42 Å². The first-order valence-electron chi connectivity index (χ1n) is 11.7. The SMILES string of the molecule is COc1cccc([C@@H]2C=C3c4cc(OC)c(OC)cc4CCN3C(N)=C2S(=O)(=O)c2cccc(Cl)c2)c1. The first kappa shape index (κ1) is 25.0. The van der Waals surface area contributed by atoms with Crippen LogP contribution in [-0.2, 0) is 16.3 Å². The lowest BCUT2D eigenvalue weighted by Gasteiger charge is -2.39. The van der Waals surface area contributed by atoms with Crippen molar-refractivity contribution in [1.82, 2.24) is 4.90 Å². The largest absolute Gasteiger partial charge is 0.497 e. The van der Waals surface area contributed by atoms with E-state index in [1.54, 1.807) is 33.5 Å². The Balaban J connectivity index is 1.75. The molecule has 3 aromatic rings. The van der Waals surface area contributed by atoms with Gasteiger partial charge in [-0.25, -0.2) is 8.42 Å². The van der Waals surface area contributed by atoms with Gasteiger partial charge in [-0.3, -0.25) is 0 Å². The molecule has 192 valence electrons. The molecule has 0 amide bonds. The van der Waals surface area contributed by atoms with Gasteiger partial charge in [0.25, 0.3) is 0 Å². The second kappa shape index (κ2) is 9.68. The summed E-state index contributed by atoms with van der Waals surface area (Å²) in [7, 11) is 0.760. The molecule has 2 aliphatic rings. The Morgan fingerprint density at radius 3 is 2.38 bits per heavy atom. The van der Waals surface area contributed by atoms with Gasteiger partial charge < -0.3 is 24.8 Å². The zero-order valence-corrected chi connectivity index (χ0v) is 22.3. The molecule has 0 radical (unpaired) electrons. The van der Waals surface area contributed by atoms with Crippen LogP contribution in [0.25, 0.3) is 5.70 Å². The fourth-order valence-corrected chi connectivity index (χ4v) is 6.94. The van der Waals surface area contributed by atoms with Crippen LogP contribution >= 0.6 is 11.6 Å². The summed E-state index contributed by atoms with van der Waals surface area (Å²) in [6.45, 7) is 0.513. The van der Waals surface area contributed by atoms with Gasteiger partial charge in [-0.1, -0.05) is 29.8 Å². The number of hydrogen-bond donors (Lipinski definition) is 1. The summed E-state index contributed by atoms with van der Waals surface area (Å²) in [5.41, 5.74) is 10.3. The normalized spacial score (nSPS) is 17.0. The maximum atomic E-state index is 14.1. The molecule has 2 aliphatic heterocycles. The first-order valence-corrected chi connectivity index (χ1v) is 13.5. The fraction of sp³-hybridized carbons (Fsp3) is 0.214. The Morgan fingerprint density at radius 2 is 1.68 bits per heavy atom. The lowest BCUT2D eigenvalue weighted by Crippen LogP contribution is -2.38. The van der Waals surface area contributed by atoms with Gasteiger partial charge in [0.15, 0.2) is 11.5 Å². The average molecular weight is 539 g/mol. The molecule has 0 fully saturated rings. The van der Waals surface area contributed by atoms with Crippen LogP contribution in [-0.4, -0.2) is 41.2 Å². The molecular weight excluding hydrogens is 512 g/mol. The number of nitrogens with two attached hydrogens (primary N) is 1. The topological polar surface area (TPSA) is 91.1 Å². The predicted octanol–water partition coefficient (Wildman–Crippen LogP) is 4.96. The van der Waals surface area contributed by atoms with Gasteiger partial charge in [0.1, 0.15) is 16.5 Å². The third kappa shape index (κ3) is 4.30. The van der Waals surface area contributed by atoms with Crippen LogP contribution in [0.5, 0.6) is 17.2 Å². The molecule has 0 saturated heterocycles. The van der Waals surface area contributed by atoms with E-state index >= 15 is 0 Å². The van der Waals surface area contributed by atoms with Gasteiger partial charge in [-0.2, -0.15) is 0 Å². The van der Waals surface area contributed by atoms with E-state index in [2.05, 4.69) is 0 Å². The van der Waals surface area contributed by atoms with Crippen LogP contribution in [0, 0.1) is 0 Å². The van der Waals surface area contributed by atoms with Crippen LogP contribution < -0.4 is 19.9 Å². The minimum Gasteiger partial charge on any atom is -0.497 e. The molecule has 0 saturated carbocycles. The summed E-state index contributed by atoms with van der Waals surface area (Å²) in [6.07, 6.45) is 2.61. The Hall–Kier alpha value is -3.62. The number of rotatable bonds is 6. The van der Waals surface area contributed by atoms with Crippen molar-refractivity contribution >= 4 is 27.1 Å². The van der Waals surface area contributed by atoms with Crippen LogP contribution in [0.4, 0.5) is 0 Å². The van der Waals surface area contributed by atoms with Crippen LogP contribution in [0.3, 0.4) is 0 Å². The third-order valence-corrected chi connectivity index (χ3v) is 8.93. The van der Waals surface area contributed by atoms with E-state index in [1.807, 2.05) is 47.4 Å². The van der Waals surface area contributed by atoms with Gasteiger partial charge in [0, 0.05) is 28.7 Å². The summed E-state index contributed by atoms with van der Waals surface area (Å²) in [6, 6.07) is 17.5. The predicted molar refractivity (Wildman–Crippen MR) is 144 cm³/mol. The monoisotopic (exact) mass is 538 g/mol. The molecule has 5 rings (SSSR count). The van der Waals surface area contributed by atoms with Crippen molar-refractivity contribution in [3.63, 3.8) is 0 Å². The Bertz CT molecular complexity index is 1550. The van der Waals surface area contributed by atoms with E-state index in [0.717, 1.165) is 22.4 Å². The minimum atomic E-state index is -4.00. The number of ether oxygens (including phenoxy) is 3. The van der Waals surface area contributed by atoms with Crippen molar-refractivity contribution in [2.24, 2.45) is 5.73 Å². The number of halogens is 1. The molecule has 3 aromatic carbocycles. The molecule has 0 bridgehead atoms. The van der Waals surface area contributed by atoms with Crippen LogP contribution in [0.1, 0.15) is 22.6 Å². The number of nitrogens with zero attached hydrogens (tertiary/aromatic N) is 1. The van der Waals surface area contributed by atoms with E-state index in [-0.39, 0.29) is 15.6 Å².